The molecule has 0 bridgehead atoms. The van der Waals surface area contributed by atoms with E-state index in [9.17, 15) is 9.59 Å². The molecule has 2 aliphatic heterocycles. The van der Waals surface area contributed by atoms with Crippen LogP contribution in [0, 0.1) is 3.57 Å². The Kier molecular flexibility index (Phi) is 11.6. The second kappa shape index (κ2) is 16.0. The van der Waals surface area contributed by atoms with Crippen LogP contribution in [-0.4, -0.2) is 103 Å². The van der Waals surface area contributed by atoms with Gasteiger partial charge in [0.1, 0.15) is 11.2 Å². The van der Waals surface area contributed by atoms with Crippen molar-refractivity contribution in [3.05, 3.63) is 58.1 Å². The molecule has 2 amide bonds. The van der Waals surface area contributed by atoms with Crippen LogP contribution in [0.3, 0.4) is 0 Å². The molecule has 2 saturated heterocycles. The molecular weight excluding hydrogens is 807 g/mol. The van der Waals surface area contributed by atoms with E-state index in [-0.39, 0.29) is 24.0 Å². The number of piperidine rings is 2. The van der Waals surface area contributed by atoms with E-state index in [1.165, 1.54) is 0 Å². The Morgan fingerprint density at radius 2 is 1.28 bits per heavy atom. The normalized spacial score (nSPS) is 17.9. The number of carbonyl (C=O) groups is 2. The molecule has 0 radical (unpaired) electrons. The lowest BCUT2D eigenvalue weighted by Gasteiger charge is -2.34. The highest BCUT2D eigenvalue weighted by molar-refractivity contribution is 14.1. The number of furan rings is 1. The van der Waals surface area contributed by atoms with Gasteiger partial charge in [0.05, 0.1) is 54.1 Å². The zero-order valence-corrected chi connectivity index (χ0v) is 34.3. The number of carbonyl (C=O) groups excluding carboxylic acids is 2. The van der Waals surface area contributed by atoms with Crippen LogP contribution in [0.5, 0.6) is 11.8 Å². The molecule has 54 heavy (non-hydrogen) atoms. The predicted octanol–water partition coefficient (Wildman–Crippen LogP) is 7.57. The SMILES string of the molecule is COc1cc(C2CCCN(C(=O)OC(C)(C)C)C2)nc2c(-c3ccoc3)cnn12.COc1cc(C2CCCN(C(=O)OC(C)(C)C)C2)nc2c(I)cnn12. The lowest BCUT2D eigenvalue weighted by molar-refractivity contribution is 0.0187. The van der Waals surface area contributed by atoms with E-state index < -0.39 is 11.2 Å². The first-order valence-corrected chi connectivity index (χ1v) is 19.2. The number of nitrogens with zero attached hydrogens (tertiary/aromatic N) is 8. The van der Waals surface area contributed by atoms with E-state index in [1.54, 1.807) is 58.0 Å². The number of hydrogen-bond acceptors (Lipinski definition) is 11. The van der Waals surface area contributed by atoms with Gasteiger partial charge in [0, 0.05) is 61.3 Å². The summed E-state index contributed by atoms with van der Waals surface area (Å²) in [5.41, 5.74) is 4.08. The van der Waals surface area contributed by atoms with Crippen LogP contribution in [0.1, 0.15) is 90.4 Å². The van der Waals surface area contributed by atoms with Crippen LogP contribution in [-0.2, 0) is 9.47 Å². The van der Waals surface area contributed by atoms with Crippen molar-refractivity contribution in [1.29, 1.82) is 0 Å². The summed E-state index contributed by atoms with van der Waals surface area (Å²) in [7, 11) is 3.24. The molecule has 5 aromatic heterocycles. The van der Waals surface area contributed by atoms with Crippen molar-refractivity contribution < 1.29 is 33.0 Å². The van der Waals surface area contributed by atoms with Crippen LogP contribution in [0.4, 0.5) is 9.59 Å². The minimum absolute atomic E-state index is 0.0993. The number of hydrogen-bond donors (Lipinski definition) is 0. The summed E-state index contributed by atoms with van der Waals surface area (Å²) >= 11 is 2.22. The van der Waals surface area contributed by atoms with E-state index in [4.69, 9.17) is 33.3 Å². The largest absolute Gasteiger partial charge is 0.481 e. The maximum absolute atomic E-state index is 12.5. The molecule has 2 aliphatic rings. The van der Waals surface area contributed by atoms with Gasteiger partial charge < -0.3 is 33.2 Å². The van der Waals surface area contributed by atoms with Gasteiger partial charge in [-0.25, -0.2) is 19.6 Å². The third-order valence-corrected chi connectivity index (χ3v) is 9.87. The summed E-state index contributed by atoms with van der Waals surface area (Å²) in [4.78, 5) is 38.1. The summed E-state index contributed by atoms with van der Waals surface area (Å²) in [6.07, 6.45) is 10.0. The van der Waals surface area contributed by atoms with Crippen LogP contribution in [0.25, 0.3) is 22.4 Å². The molecule has 16 heteroatoms. The standard InChI is InChI=1S/C21H26N4O4.C17H23IN4O3/c1-21(2,3)29-20(26)24-8-5-6-14(12-24)17-10-18(27-4)25-19(23-17)16(11-22-25)15-7-9-28-13-15;1-17(2,3)25-16(23)21-7-5-6-11(10-21)13-8-14(24-4)22-15(20-13)12(18)9-19-22/h7,9-11,13-14H,5-6,8,12H2,1-4H3;8-9,11H,5-7,10H2,1-4H3. The van der Waals surface area contributed by atoms with Crippen molar-refractivity contribution in [2.75, 3.05) is 40.4 Å². The number of methoxy groups -OCH3 is 2. The maximum Gasteiger partial charge on any atom is 0.410 e. The Balaban J connectivity index is 0.000000186. The van der Waals surface area contributed by atoms with Crippen molar-refractivity contribution in [3.8, 4) is 22.9 Å². The van der Waals surface area contributed by atoms with Gasteiger partial charge >= 0.3 is 12.2 Å². The van der Waals surface area contributed by atoms with Gasteiger partial charge in [-0.15, -0.1) is 0 Å². The van der Waals surface area contributed by atoms with Gasteiger partial charge in [-0.1, -0.05) is 0 Å². The van der Waals surface area contributed by atoms with Crippen molar-refractivity contribution in [3.63, 3.8) is 0 Å². The van der Waals surface area contributed by atoms with Gasteiger partial charge in [-0.3, -0.25) is 0 Å². The molecular formula is C38H49IN8O7. The fourth-order valence-electron chi connectivity index (χ4n) is 6.63. The third kappa shape index (κ3) is 9.01. The molecule has 2 unspecified atom stereocenters. The third-order valence-electron chi connectivity index (χ3n) is 9.11. The summed E-state index contributed by atoms with van der Waals surface area (Å²) < 4.78 is 31.6. The summed E-state index contributed by atoms with van der Waals surface area (Å²) in [6, 6.07) is 5.70. The van der Waals surface area contributed by atoms with Crippen LogP contribution >= 0.6 is 22.6 Å². The van der Waals surface area contributed by atoms with E-state index in [0.717, 1.165) is 64.0 Å². The molecule has 0 aromatic carbocycles. The zero-order valence-electron chi connectivity index (χ0n) is 32.2. The highest BCUT2D eigenvalue weighted by atomic mass is 127. The molecule has 290 valence electrons. The molecule has 5 aromatic rings. The Morgan fingerprint density at radius 1 is 0.778 bits per heavy atom. The molecule has 0 N–H and O–H groups in total. The summed E-state index contributed by atoms with van der Waals surface area (Å²) in [6.45, 7) is 13.9. The molecule has 2 fully saturated rings. The molecule has 0 spiro atoms. The predicted molar refractivity (Wildman–Crippen MR) is 209 cm³/mol. The van der Waals surface area contributed by atoms with Crippen LogP contribution in [0.2, 0.25) is 0 Å². The van der Waals surface area contributed by atoms with E-state index in [2.05, 4.69) is 32.8 Å². The van der Waals surface area contributed by atoms with Crippen molar-refractivity contribution in [1.82, 2.24) is 39.0 Å². The molecule has 7 rings (SSSR count). The first-order chi connectivity index (χ1) is 25.6. The number of likely N-dealkylation sites (tertiary alicyclic amines) is 2. The number of rotatable bonds is 5. The van der Waals surface area contributed by atoms with E-state index in [1.807, 2.05) is 59.7 Å². The molecule has 7 heterocycles. The fraction of sp³-hybridized carbons (Fsp3) is 0.526. The summed E-state index contributed by atoms with van der Waals surface area (Å²) in [5, 5.41) is 8.71. The van der Waals surface area contributed by atoms with Crippen LogP contribution in [0.15, 0.2) is 47.5 Å². The number of halogens is 1. The number of ether oxygens (including phenoxy) is 4. The van der Waals surface area contributed by atoms with Crippen molar-refractivity contribution in [2.24, 2.45) is 0 Å². The monoisotopic (exact) mass is 856 g/mol. The van der Waals surface area contributed by atoms with Gasteiger partial charge in [0.2, 0.25) is 11.8 Å². The topological polar surface area (TPSA) is 151 Å². The molecule has 2 atom stereocenters. The second-order valence-electron chi connectivity index (χ2n) is 15.5. The smallest absolute Gasteiger partial charge is 0.410 e. The molecule has 0 saturated carbocycles. The van der Waals surface area contributed by atoms with Crippen molar-refractivity contribution >= 4 is 46.1 Å². The first kappa shape index (κ1) is 39.1. The first-order valence-electron chi connectivity index (χ1n) is 18.1. The Morgan fingerprint density at radius 3 is 1.76 bits per heavy atom. The van der Waals surface area contributed by atoms with Gasteiger partial charge in [-0.2, -0.15) is 19.2 Å². The minimum Gasteiger partial charge on any atom is -0.481 e. The Bertz CT molecular complexity index is 2080. The Hall–Kier alpha value is -4.61. The lowest BCUT2D eigenvalue weighted by Crippen LogP contribution is -2.42. The summed E-state index contributed by atoms with van der Waals surface area (Å²) in [5.74, 6) is 1.51. The highest BCUT2D eigenvalue weighted by Gasteiger charge is 2.31. The van der Waals surface area contributed by atoms with E-state index in [0.29, 0.717) is 37.0 Å². The lowest BCUT2D eigenvalue weighted by atomic mass is 9.94. The number of aromatic nitrogens is 6. The van der Waals surface area contributed by atoms with E-state index >= 15 is 0 Å². The minimum atomic E-state index is -0.512. The van der Waals surface area contributed by atoms with Gasteiger partial charge in [0.25, 0.3) is 0 Å². The number of fused-ring (bicyclic) bond motifs is 2. The number of amides is 2. The highest BCUT2D eigenvalue weighted by Crippen LogP contribution is 2.33. The fourth-order valence-corrected chi connectivity index (χ4v) is 7.11. The maximum atomic E-state index is 12.5. The quantitative estimate of drug-likeness (QED) is 0.161. The molecule has 0 aliphatic carbocycles. The second-order valence-corrected chi connectivity index (χ2v) is 16.7. The van der Waals surface area contributed by atoms with Gasteiger partial charge in [0.15, 0.2) is 11.3 Å². The average molecular weight is 857 g/mol. The van der Waals surface area contributed by atoms with Crippen molar-refractivity contribution in [2.45, 2.75) is 90.3 Å². The zero-order chi connectivity index (χ0) is 38.8. The average Bonchev–Trinajstić information content (AvgIpc) is 3.90. The molecule has 15 nitrogen and oxygen atoms in total. The van der Waals surface area contributed by atoms with Gasteiger partial charge in [-0.05, 0) is 95.9 Å². The Labute approximate surface area is 328 Å². The van der Waals surface area contributed by atoms with Crippen LogP contribution < -0.4 is 9.47 Å².